The maximum Gasteiger partial charge on any atom is 0.410 e. The highest BCUT2D eigenvalue weighted by Gasteiger charge is 2.38. The molecule has 32 heavy (non-hydrogen) atoms. The minimum absolute atomic E-state index is 0.0144. The van der Waals surface area contributed by atoms with Gasteiger partial charge in [-0.2, -0.15) is 0 Å². The third-order valence-corrected chi connectivity index (χ3v) is 6.14. The van der Waals surface area contributed by atoms with E-state index < -0.39 is 5.60 Å². The maximum atomic E-state index is 13.2. The number of likely N-dealkylation sites (tertiary alicyclic amines) is 1. The van der Waals surface area contributed by atoms with Crippen LogP contribution in [0, 0.1) is 10.1 Å². The van der Waals surface area contributed by atoms with Crippen LogP contribution in [-0.4, -0.2) is 77.8 Å². The van der Waals surface area contributed by atoms with Gasteiger partial charge in [0.15, 0.2) is 0 Å². The molecule has 1 aromatic rings. The van der Waals surface area contributed by atoms with Crippen LogP contribution in [0.1, 0.15) is 49.5 Å². The Morgan fingerprint density at radius 2 is 1.81 bits per heavy atom. The van der Waals surface area contributed by atoms with Crippen LogP contribution in [0.4, 0.5) is 16.2 Å². The molecule has 4 rings (SSSR count). The van der Waals surface area contributed by atoms with Crippen molar-refractivity contribution >= 4 is 23.4 Å². The van der Waals surface area contributed by atoms with Gasteiger partial charge in [-0.25, -0.2) is 4.79 Å². The van der Waals surface area contributed by atoms with Gasteiger partial charge in [-0.15, -0.1) is 0 Å². The normalized spacial score (nSPS) is 19.8. The molecule has 0 unspecified atom stereocenters. The average Bonchev–Trinajstić information content (AvgIpc) is 3.08. The number of piperidine rings is 1. The Bertz CT molecular complexity index is 914. The number of hydrogen-bond donors (Lipinski definition) is 0. The molecule has 174 valence electrons. The van der Waals surface area contributed by atoms with Crippen molar-refractivity contribution in [3.05, 3.63) is 33.4 Å². The van der Waals surface area contributed by atoms with E-state index in [1.165, 1.54) is 0 Å². The van der Waals surface area contributed by atoms with Gasteiger partial charge in [0.05, 0.1) is 18.1 Å². The second-order valence-corrected chi connectivity index (χ2v) is 9.49. The van der Waals surface area contributed by atoms with Crippen molar-refractivity contribution in [3.63, 3.8) is 0 Å². The zero-order chi connectivity index (χ0) is 23.0. The molecule has 2 amide bonds. The van der Waals surface area contributed by atoms with E-state index in [4.69, 9.17) is 9.47 Å². The maximum absolute atomic E-state index is 13.2. The quantitative estimate of drug-likeness (QED) is 0.519. The number of nitro groups is 1. The number of anilines is 1. The Morgan fingerprint density at radius 1 is 1.16 bits per heavy atom. The number of rotatable bonds is 3. The van der Waals surface area contributed by atoms with Crippen LogP contribution in [0.2, 0.25) is 0 Å². The molecule has 0 spiro atoms. The first-order valence-corrected chi connectivity index (χ1v) is 11.1. The van der Waals surface area contributed by atoms with Crippen LogP contribution in [0.25, 0.3) is 0 Å². The van der Waals surface area contributed by atoms with Gasteiger partial charge >= 0.3 is 6.09 Å². The summed E-state index contributed by atoms with van der Waals surface area (Å²) in [6.07, 6.45) is 0.965. The minimum atomic E-state index is -0.548. The van der Waals surface area contributed by atoms with Gasteiger partial charge in [-0.1, -0.05) is 0 Å². The van der Waals surface area contributed by atoms with Gasteiger partial charge in [0.1, 0.15) is 11.3 Å². The van der Waals surface area contributed by atoms with Gasteiger partial charge in [-0.3, -0.25) is 14.9 Å². The highest BCUT2D eigenvalue weighted by atomic mass is 16.6. The molecule has 0 N–H and O–H groups in total. The number of carbonyl (C=O) groups excluding carboxylic acids is 2. The van der Waals surface area contributed by atoms with E-state index in [1.54, 1.807) is 21.9 Å². The smallest absolute Gasteiger partial charge is 0.410 e. The molecule has 1 aromatic carbocycles. The molecule has 0 aliphatic carbocycles. The largest absolute Gasteiger partial charge is 0.444 e. The van der Waals surface area contributed by atoms with E-state index in [0.717, 1.165) is 0 Å². The van der Waals surface area contributed by atoms with Gasteiger partial charge in [0.2, 0.25) is 0 Å². The molecule has 3 aliphatic rings. The third kappa shape index (κ3) is 4.50. The van der Waals surface area contributed by atoms with E-state index in [1.807, 2.05) is 25.7 Å². The molecule has 0 radical (unpaired) electrons. The Morgan fingerprint density at radius 3 is 2.41 bits per heavy atom. The summed E-state index contributed by atoms with van der Waals surface area (Å²) in [5, 5.41) is 11.7. The van der Waals surface area contributed by atoms with Crippen molar-refractivity contribution in [1.82, 2.24) is 9.80 Å². The summed E-state index contributed by atoms with van der Waals surface area (Å²) in [5.41, 5.74) is 1.18. The van der Waals surface area contributed by atoms with Crippen LogP contribution in [0.5, 0.6) is 0 Å². The van der Waals surface area contributed by atoms with Crippen LogP contribution in [-0.2, 0) is 16.0 Å². The minimum Gasteiger partial charge on any atom is -0.444 e. The molecule has 3 aliphatic heterocycles. The lowest BCUT2D eigenvalue weighted by Crippen LogP contribution is -2.48. The first-order valence-electron chi connectivity index (χ1n) is 11.1. The standard InChI is InChI=1S/C22H30N4O6/c1-22(2,3)32-21(28)24-6-4-16(5-7-24)25-14-15-12-19(26(29)30)18(13-17(15)20(25)27)23-8-10-31-11-9-23/h12-13,16H,4-11,14H2,1-3H3. The summed E-state index contributed by atoms with van der Waals surface area (Å²) in [6, 6.07) is 3.21. The van der Waals surface area contributed by atoms with Crippen LogP contribution in [0.15, 0.2) is 12.1 Å². The number of carbonyl (C=O) groups is 2. The lowest BCUT2D eigenvalue weighted by Gasteiger charge is -2.37. The first-order chi connectivity index (χ1) is 15.1. The third-order valence-electron chi connectivity index (χ3n) is 6.14. The zero-order valence-electron chi connectivity index (χ0n) is 18.8. The van der Waals surface area contributed by atoms with Crippen molar-refractivity contribution in [3.8, 4) is 0 Å². The Labute approximate surface area is 187 Å². The van der Waals surface area contributed by atoms with E-state index in [2.05, 4.69) is 0 Å². The Kier molecular flexibility index (Phi) is 5.98. The van der Waals surface area contributed by atoms with E-state index in [0.29, 0.717) is 75.6 Å². The number of ether oxygens (including phenoxy) is 2. The number of nitrogens with zero attached hydrogens (tertiary/aromatic N) is 4. The molecule has 0 aromatic heterocycles. The number of nitro benzene ring substituents is 1. The molecular formula is C22H30N4O6. The summed E-state index contributed by atoms with van der Waals surface area (Å²) in [5.74, 6) is -0.0971. The van der Waals surface area contributed by atoms with Gasteiger partial charge in [-0.05, 0) is 45.2 Å². The van der Waals surface area contributed by atoms with Crippen molar-refractivity contribution < 1.29 is 24.0 Å². The van der Waals surface area contributed by atoms with Crippen molar-refractivity contribution in [2.75, 3.05) is 44.3 Å². The molecule has 10 heteroatoms. The van der Waals surface area contributed by atoms with E-state index in [-0.39, 0.29) is 28.7 Å². The topological polar surface area (TPSA) is 105 Å². The van der Waals surface area contributed by atoms with Crippen LogP contribution < -0.4 is 4.90 Å². The van der Waals surface area contributed by atoms with Gasteiger partial charge < -0.3 is 24.2 Å². The summed E-state index contributed by atoms with van der Waals surface area (Å²) in [4.78, 5) is 42.3. The molecule has 3 heterocycles. The predicted molar refractivity (Wildman–Crippen MR) is 117 cm³/mol. The summed E-state index contributed by atoms with van der Waals surface area (Å²) < 4.78 is 10.8. The summed E-state index contributed by atoms with van der Waals surface area (Å²) in [6.45, 7) is 9.01. The predicted octanol–water partition coefficient (Wildman–Crippen LogP) is 2.79. The lowest BCUT2D eigenvalue weighted by atomic mass is 10.0. The van der Waals surface area contributed by atoms with Gasteiger partial charge in [0, 0.05) is 50.4 Å². The van der Waals surface area contributed by atoms with Crippen molar-refractivity contribution in [1.29, 1.82) is 0 Å². The van der Waals surface area contributed by atoms with Crippen molar-refractivity contribution in [2.24, 2.45) is 0 Å². The number of benzene rings is 1. The number of amides is 2. The second-order valence-electron chi connectivity index (χ2n) is 9.49. The average molecular weight is 447 g/mol. The fraction of sp³-hybridized carbons (Fsp3) is 0.636. The number of morpholine rings is 1. The highest BCUT2D eigenvalue weighted by Crippen LogP contribution is 2.37. The molecule has 2 saturated heterocycles. The molecule has 10 nitrogen and oxygen atoms in total. The first kappa shape index (κ1) is 22.3. The van der Waals surface area contributed by atoms with Gasteiger partial charge in [0.25, 0.3) is 11.6 Å². The lowest BCUT2D eigenvalue weighted by molar-refractivity contribution is -0.384. The second kappa shape index (κ2) is 8.57. The van der Waals surface area contributed by atoms with Crippen molar-refractivity contribution in [2.45, 2.75) is 51.8 Å². The summed E-state index contributed by atoms with van der Waals surface area (Å²) >= 11 is 0. The van der Waals surface area contributed by atoms with E-state index >= 15 is 0 Å². The molecule has 0 atom stereocenters. The van der Waals surface area contributed by atoms with Crippen LogP contribution >= 0.6 is 0 Å². The SMILES string of the molecule is CC(C)(C)OC(=O)N1CCC(N2Cc3cc([N+](=O)[O-])c(N4CCOCC4)cc3C2=O)CC1. The summed E-state index contributed by atoms with van der Waals surface area (Å²) in [7, 11) is 0. The van der Waals surface area contributed by atoms with E-state index in [9.17, 15) is 19.7 Å². The fourth-order valence-corrected chi connectivity index (χ4v) is 4.55. The molecule has 0 saturated carbocycles. The molecular weight excluding hydrogens is 416 g/mol. The Balaban J connectivity index is 1.48. The fourth-order valence-electron chi connectivity index (χ4n) is 4.55. The molecule has 2 fully saturated rings. The van der Waals surface area contributed by atoms with Crippen LogP contribution in [0.3, 0.4) is 0 Å². The number of fused-ring (bicyclic) bond motifs is 1. The zero-order valence-corrected chi connectivity index (χ0v) is 18.8. The molecule has 0 bridgehead atoms. The highest BCUT2D eigenvalue weighted by molar-refractivity contribution is 6.00. The number of hydrogen-bond acceptors (Lipinski definition) is 7. The Hall–Kier alpha value is -2.88. The monoisotopic (exact) mass is 446 g/mol.